The first-order chi connectivity index (χ1) is 10.1. The van der Waals surface area contributed by atoms with E-state index in [2.05, 4.69) is 22.1 Å². The second kappa shape index (κ2) is 6.55. The van der Waals surface area contributed by atoms with Gasteiger partial charge in [-0.15, -0.1) is 0 Å². The van der Waals surface area contributed by atoms with Crippen LogP contribution in [0.15, 0.2) is 41.5 Å². The first-order valence-corrected chi connectivity index (χ1v) is 6.30. The van der Waals surface area contributed by atoms with Gasteiger partial charge in [0.05, 0.1) is 0 Å². The summed E-state index contributed by atoms with van der Waals surface area (Å²) in [6.07, 6.45) is 2.83. The number of hydrogen-bond acceptors (Lipinski definition) is 3. The highest BCUT2D eigenvalue weighted by Crippen LogP contribution is 2.15. The maximum Gasteiger partial charge on any atom is 0.261 e. The summed E-state index contributed by atoms with van der Waals surface area (Å²) in [6, 6.07) is 6.54. The van der Waals surface area contributed by atoms with Gasteiger partial charge in [0, 0.05) is 29.7 Å². The molecule has 5 heteroatoms. The number of H-pyrrole nitrogens is 1. The summed E-state index contributed by atoms with van der Waals surface area (Å²) in [5.74, 6) is 4.89. The Kier molecular flexibility index (Phi) is 4.54. The molecule has 0 atom stereocenters. The highest BCUT2D eigenvalue weighted by molar-refractivity contribution is 6.04. The van der Waals surface area contributed by atoms with Crippen LogP contribution >= 0.6 is 0 Å². The van der Waals surface area contributed by atoms with Gasteiger partial charge in [-0.05, 0) is 24.6 Å². The fourth-order valence-corrected chi connectivity index (χ4v) is 1.76. The molecule has 0 saturated heterocycles. The predicted octanol–water partition coefficient (Wildman–Crippen LogP) is 1.28. The summed E-state index contributed by atoms with van der Waals surface area (Å²) in [5.41, 5.74) is 1.88. The monoisotopic (exact) mass is 282 g/mol. The maximum atomic E-state index is 12.0. The zero-order valence-electron chi connectivity index (χ0n) is 11.4. The first kappa shape index (κ1) is 14.6. The Morgan fingerprint density at radius 1 is 1.38 bits per heavy atom. The van der Waals surface area contributed by atoms with Crippen LogP contribution in [0.5, 0.6) is 0 Å². The van der Waals surface area contributed by atoms with Gasteiger partial charge < -0.3 is 15.4 Å². The fraction of sp³-hybridized carbons (Fsp3) is 0.125. The van der Waals surface area contributed by atoms with Crippen LogP contribution in [-0.2, 0) is 0 Å². The van der Waals surface area contributed by atoms with Crippen molar-refractivity contribution in [3.8, 4) is 11.8 Å². The minimum atomic E-state index is -0.484. The number of benzene rings is 1. The summed E-state index contributed by atoms with van der Waals surface area (Å²) in [5, 5.41) is 11.4. The number of hydrogen-bond donors (Lipinski definition) is 3. The van der Waals surface area contributed by atoms with Crippen molar-refractivity contribution in [2.24, 2.45) is 0 Å². The lowest BCUT2D eigenvalue weighted by Crippen LogP contribution is -2.20. The average Bonchev–Trinajstić information content (AvgIpc) is 2.48. The van der Waals surface area contributed by atoms with Gasteiger partial charge >= 0.3 is 0 Å². The number of aromatic amines is 1. The average molecular weight is 282 g/mol. The van der Waals surface area contributed by atoms with Crippen molar-refractivity contribution < 1.29 is 9.90 Å². The molecule has 3 N–H and O–H groups in total. The largest absolute Gasteiger partial charge is 0.384 e. The van der Waals surface area contributed by atoms with Crippen LogP contribution in [0, 0.1) is 18.8 Å². The molecule has 1 aromatic carbocycles. The molecule has 0 aliphatic rings. The smallest absolute Gasteiger partial charge is 0.261 e. The van der Waals surface area contributed by atoms with Crippen molar-refractivity contribution in [2.45, 2.75) is 6.92 Å². The van der Waals surface area contributed by atoms with Gasteiger partial charge in [0.1, 0.15) is 12.2 Å². The van der Waals surface area contributed by atoms with E-state index in [1.54, 1.807) is 12.1 Å². The van der Waals surface area contributed by atoms with Crippen LogP contribution in [0.25, 0.3) is 0 Å². The Morgan fingerprint density at radius 2 is 2.19 bits per heavy atom. The lowest BCUT2D eigenvalue weighted by Gasteiger charge is -2.06. The van der Waals surface area contributed by atoms with Crippen LogP contribution in [0.2, 0.25) is 0 Å². The molecule has 0 saturated carbocycles. The van der Waals surface area contributed by atoms with E-state index < -0.39 is 5.91 Å². The van der Waals surface area contributed by atoms with Crippen molar-refractivity contribution in [2.75, 3.05) is 11.9 Å². The van der Waals surface area contributed by atoms with Crippen molar-refractivity contribution in [3.05, 3.63) is 63.6 Å². The zero-order chi connectivity index (χ0) is 15.2. The number of aryl methyl sites for hydroxylation is 1. The summed E-state index contributed by atoms with van der Waals surface area (Å²) in [7, 11) is 0. The van der Waals surface area contributed by atoms with E-state index in [-0.39, 0.29) is 17.6 Å². The molecule has 1 amide bonds. The molecule has 0 bridgehead atoms. The molecule has 0 aliphatic carbocycles. The third kappa shape index (κ3) is 3.59. The number of aliphatic hydroxyl groups excluding tert-OH is 1. The van der Waals surface area contributed by atoms with E-state index in [0.29, 0.717) is 11.3 Å². The molecule has 1 heterocycles. The second-order valence-electron chi connectivity index (χ2n) is 4.37. The van der Waals surface area contributed by atoms with Crippen molar-refractivity contribution in [1.82, 2.24) is 4.98 Å². The maximum absolute atomic E-state index is 12.0. The topological polar surface area (TPSA) is 82.2 Å². The van der Waals surface area contributed by atoms with E-state index in [1.165, 1.54) is 18.5 Å². The van der Waals surface area contributed by atoms with Gasteiger partial charge in [0.25, 0.3) is 5.91 Å². The third-order valence-corrected chi connectivity index (χ3v) is 2.87. The van der Waals surface area contributed by atoms with E-state index in [1.807, 2.05) is 13.0 Å². The number of nitrogens with one attached hydrogen (secondary N) is 2. The highest BCUT2D eigenvalue weighted by Gasteiger charge is 2.10. The van der Waals surface area contributed by atoms with Gasteiger partial charge in [-0.2, -0.15) is 0 Å². The van der Waals surface area contributed by atoms with Crippen LogP contribution in [0.3, 0.4) is 0 Å². The minimum Gasteiger partial charge on any atom is -0.384 e. The van der Waals surface area contributed by atoms with E-state index >= 15 is 0 Å². The molecule has 21 heavy (non-hydrogen) atoms. The number of rotatable bonds is 2. The molecule has 2 rings (SSSR count). The normalized spacial score (nSPS) is 9.62. The van der Waals surface area contributed by atoms with Crippen LogP contribution in [0.4, 0.5) is 5.69 Å². The predicted molar refractivity (Wildman–Crippen MR) is 80.2 cm³/mol. The summed E-state index contributed by atoms with van der Waals surface area (Å²) >= 11 is 0. The highest BCUT2D eigenvalue weighted by atomic mass is 16.2. The fourth-order valence-electron chi connectivity index (χ4n) is 1.76. The molecule has 0 fully saturated rings. The lowest BCUT2D eigenvalue weighted by atomic mass is 10.1. The molecule has 2 aromatic rings. The second-order valence-corrected chi connectivity index (χ2v) is 4.37. The zero-order valence-corrected chi connectivity index (χ0v) is 11.4. The first-order valence-electron chi connectivity index (χ1n) is 6.30. The van der Waals surface area contributed by atoms with Crippen LogP contribution < -0.4 is 10.7 Å². The number of carbonyl (C=O) groups is 1. The van der Waals surface area contributed by atoms with Gasteiger partial charge in [0.15, 0.2) is 5.43 Å². The number of anilines is 1. The van der Waals surface area contributed by atoms with E-state index in [0.717, 1.165) is 5.56 Å². The van der Waals surface area contributed by atoms with Crippen molar-refractivity contribution in [3.63, 3.8) is 0 Å². The van der Waals surface area contributed by atoms with E-state index in [4.69, 9.17) is 5.11 Å². The molecule has 0 aliphatic heterocycles. The summed E-state index contributed by atoms with van der Waals surface area (Å²) < 4.78 is 0. The molecule has 0 radical (unpaired) electrons. The van der Waals surface area contributed by atoms with Gasteiger partial charge in [-0.1, -0.05) is 17.9 Å². The Morgan fingerprint density at radius 3 is 2.90 bits per heavy atom. The quantitative estimate of drug-likeness (QED) is 0.726. The number of amides is 1. The van der Waals surface area contributed by atoms with Crippen LogP contribution in [-0.4, -0.2) is 22.6 Å². The summed E-state index contributed by atoms with van der Waals surface area (Å²) in [4.78, 5) is 26.3. The van der Waals surface area contributed by atoms with Crippen molar-refractivity contribution >= 4 is 11.6 Å². The molecule has 0 unspecified atom stereocenters. The SMILES string of the molecule is Cc1ccc(NC(=O)c2c[nH]ccc2=O)cc1C#CCO. The van der Waals surface area contributed by atoms with Gasteiger partial charge in [-0.25, -0.2) is 0 Å². The van der Waals surface area contributed by atoms with Crippen molar-refractivity contribution in [1.29, 1.82) is 0 Å². The standard InChI is InChI=1S/C16H14N2O3/c1-11-4-5-13(9-12(11)3-2-8-19)18-16(21)14-10-17-7-6-15(14)20/h4-7,9-10,19H,8H2,1H3,(H,17,20)(H,18,21). The lowest BCUT2D eigenvalue weighted by molar-refractivity contribution is 0.102. The van der Waals surface area contributed by atoms with Gasteiger partial charge in [0.2, 0.25) is 0 Å². The Hall–Kier alpha value is -2.84. The Labute approximate surface area is 121 Å². The molecule has 106 valence electrons. The third-order valence-electron chi connectivity index (χ3n) is 2.87. The number of aliphatic hydroxyl groups is 1. The number of pyridine rings is 1. The number of carbonyl (C=O) groups excluding carboxylic acids is 1. The Balaban J connectivity index is 2.26. The number of aromatic nitrogens is 1. The minimum absolute atomic E-state index is 0.0427. The molecular weight excluding hydrogens is 268 g/mol. The molecule has 0 spiro atoms. The summed E-state index contributed by atoms with van der Waals surface area (Å²) in [6.45, 7) is 1.66. The Bertz CT molecular complexity index is 782. The van der Waals surface area contributed by atoms with Crippen LogP contribution in [0.1, 0.15) is 21.5 Å². The molecule has 5 nitrogen and oxygen atoms in total. The molecular formula is C16H14N2O3. The van der Waals surface area contributed by atoms with Gasteiger partial charge in [-0.3, -0.25) is 9.59 Å². The molecule has 1 aromatic heterocycles. The van der Waals surface area contributed by atoms with E-state index in [9.17, 15) is 9.59 Å².